The molecule has 2 amide bonds. The lowest BCUT2D eigenvalue weighted by Crippen LogP contribution is -2.54. The Balaban J connectivity index is 2.00. The molecular formula is C24H33N5O5. The Kier molecular flexibility index (Phi) is 6.90. The molecule has 34 heavy (non-hydrogen) atoms. The van der Waals surface area contributed by atoms with E-state index in [2.05, 4.69) is 9.97 Å². The molecule has 2 aromatic rings. The summed E-state index contributed by atoms with van der Waals surface area (Å²) >= 11 is 0. The Hall–Kier alpha value is -3.56. The van der Waals surface area contributed by atoms with Gasteiger partial charge >= 0.3 is 12.2 Å². The topological polar surface area (TPSA) is 131 Å². The number of phenolic OH excluding ortho intramolecular Hbond substituents is 1. The molecule has 1 unspecified atom stereocenters. The van der Waals surface area contributed by atoms with Crippen LogP contribution >= 0.6 is 0 Å². The number of anilines is 1. The first-order valence-electron chi connectivity index (χ1n) is 11.1. The lowest BCUT2D eigenvalue weighted by Gasteiger charge is -2.41. The van der Waals surface area contributed by atoms with E-state index in [0.717, 1.165) is 0 Å². The number of hydrogen-bond acceptors (Lipinski definition) is 8. The van der Waals surface area contributed by atoms with Gasteiger partial charge in [0.25, 0.3) is 0 Å². The van der Waals surface area contributed by atoms with Crippen molar-refractivity contribution >= 4 is 18.1 Å². The first-order valence-corrected chi connectivity index (χ1v) is 11.1. The van der Waals surface area contributed by atoms with E-state index in [4.69, 9.17) is 15.2 Å². The van der Waals surface area contributed by atoms with Gasteiger partial charge in [0, 0.05) is 18.7 Å². The summed E-state index contributed by atoms with van der Waals surface area (Å²) in [6.45, 7) is 11.4. The molecule has 10 heteroatoms. The number of piperazine rings is 1. The summed E-state index contributed by atoms with van der Waals surface area (Å²) in [5.41, 5.74) is 5.95. The number of para-hydroxylation sites is 1. The van der Waals surface area contributed by atoms with Gasteiger partial charge in [-0.2, -0.15) is 0 Å². The third-order valence-corrected chi connectivity index (χ3v) is 4.94. The molecule has 1 fully saturated rings. The number of hydrogen-bond donors (Lipinski definition) is 2. The Morgan fingerprint density at radius 3 is 2.24 bits per heavy atom. The monoisotopic (exact) mass is 471 g/mol. The summed E-state index contributed by atoms with van der Waals surface area (Å²) in [5.74, 6) is 0.0175. The van der Waals surface area contributed by atoms with E-state index >= 15 is 0 Å². The smallest absolute Gasteiger partial charge is 0.410 e. The maximum Gasteiger partial charge on any atom is 0.410 e. The zero-order chi connectivity index (χ0) is 25.3. The molecule has 0 radical (unpaired) electrons. The molecule has 10 nitrogen and oxygen atoms in total. The molecule has 2 heterocycles. The van der Waals surface area contributed by atoms with Crippen LogP contribution in [-0.4, -0.2) is 67.9 Å². The molecule has 1 saturated heterocycles. The van der Waals surface area contributed by atoms with Crippen LogP contribution in [-0.2, 0) is 9.47 Å². The van der Waals surface area contributed by atoms with Gasteiger partial charge < -0.3 is 25.2 Å². The third kappa shape index (κ3) is 6.27. The van der Waals surface area contributed by atoms with E-state index in [-0.39, 0.29) is 31.3 Å². The first-order chi connectivity index (χ1) is 15.7. The van der Waals surface area contributed by atoms with Crippen LogP contribution in [0.25, 0.3) is 11.3 Å². The molecule has 1 aliphatic heterocycles. The lowest BCUT2D eigenvalue weighted by atomic mass is 10.0. The molecule has 0 aliphatic carbocycles. The van der Waals surface area contributed by atoms with Crippen molar-refractivity contribution in [1.82, 2.24) is 19.8 Å². The van der Waals surface area contributed by atoms with E-state index < -0.39 is 29.4 Å². The number of nitrogens with two attached hydrogens (primary N) is 1. The van der Waals surface area contributed by atoms with Gasteiger partial charge in [-0.3, -0.25) is 4.90 Å². The van der Waals surface area contributed by atoms with Crippen molar-refractivity contribution in [2.24, 2.45) is 0 Å². The van der Waals surface area contributed by atoms with Gasteiger partial charge in [0.05, 0.1) is 24.0 Å². The van der Waals surface area contributed by atoms with Gasteiger partial charge in [0.15, 0.2) is 0 Å². The van der Waals surface area contributed by atoms with Crippen LogP contribution in [0.1, 0.15) is 53.3 Å². The number of carbonyl (C=O) groups excluding carboxylic acids is 2. The zero-order valence-electron chi connectivity index (χ0n) is 20.5. The highest BCUT2D eigenvalue weighted by Gasteiger charge is 2.38. The molecule has 0 bridgehead atoms. The highest BCUT2D eigenvalue weighted by atomic mass is 16.6. The number of aromatic hydroxyl groups is 1. The summed E-state index contributed by atoms with van der Waals surface area (Å²) in [6.07, 6.45) is -1.01. The molecule has 1 atom stereocenters. The predicted molar refractivity (Wildman–Crippen MR) is 127 cm³/mol. The highest BCUT2D eigenvalue weighted by Crippen LogP contribution is 2.32. The van der Waals surface area contributed by atoms with Crippen molar-refractivity contribution in [3.8, 4) is 17.0 Å². The summed E-state index contributed by atoms with van der Waals surface area (Å²) in [7, 11) is 0. The Morgan fingerprint density at radius 1 is 1.00 bits per heavy atom. The van der Waals surface area contributed by atoms with Gasteiger partial charge in [-0.1, -0.05) is 12.1 Å². The van der Waals surface area contributed by atoms with Crippen molar-refractivity contribution in [1.29, 1.82) is 0 Å². The van der Waals surface area contributed by atoms with E-state index in [0.29, 0.717) is 17.0 Å². The van der Waals surface area contributed by atoms with Crippen molar-refractivity contribution in [3.63, 3.8) is 0 Å². The number of phenols is 1. The summed E-state index contributed by atoms with van der Waals surface area (Å²) in [4.78, 5) is 37.5. The maximum absolute atomic E-state index is 13.1. The number of aromatic nitrogens is 2. The molecule has 0 saturated carbocycles. The number of ether oxygens (including phenoxy) is 2. The first kappa shape index (κ1) is 25.1. The van der Waals surface area contributed by atoms with E-state index in [1.165, 1.54) is 9.80 Å². The van der Waals surface area contributed by atoms with Crippen LogP contribution < -0.4 is 5.73 Å². The molecule has 1 aromatic carbocycles. The number of carbonyl (C=O) groups is 2. The molecule has 0 spiro atoms. The van der Waals surface area contributed by atoms with Crippen LogP contribution in [0, 0.1) is 0 Å². The van der Waals surface area contributed by atoms with Gasteiger partial charge in [0.2, 0.25) is 5.95 Å². The molecule has 1 aromatic heterocycles. The summed E-state index contributed by atoms with van der Waals surface area (Å²) in [5, 5.41) is 10.3. The second-order valence-corrected chi connectivity index (χ2v) is 10.2. The second-order valence-electron chi connectivity index (χ2n) is 10.2. The molecule has 3 rings (SSSR count). The highest BCUT2D eigenvalue weighted by molar-refractivity contribution is 5.72. The normalized spacial score (nSPS) is 16.8. The standard InChI is InChI=1S/C24H33N5O5/c1-23(2,3)33-21(31)28-11-12-29(22(32)34-24(4,5)6)18(14-28)17-13-16(26-20(25)27-17)15-9-7-8-10-19(15)30/h7-10,13,18,30H,11-12,14H2,1-6H3,(H2,25,26,27). The maximum atomic E-state index is 13.1. The van der Waals surface area contributed by atoms with E-state index in [1.807, 2.05) is 0 Å². The quantitative estimate of drug-likeness (QED) is 0.673. The number of amides is 2. The van der Waals surface area contributed by atoms with Crippen molar-refractivity contribution in [3.05, 3.63) is 36.0 Å². The van der Waals surface area contributed by atoms with Crippen LogP contribution in [0.3, 0.4) is 0 Å². The summed E-state index contributed by atoms with van der Waals surface area (Å²) in [6, 6.07) is 7.72. The summed E-state index contributed by atoms with van der Waals surface area (Å²) < 4.78 is 11.1. The Morgan fingerprint density at radius 2 is 1.62 bits per heavy atom. The minimum Gasteiger partial charge on any atom is -0.507 e. The predicted octanol–water partition coefficient (Wildman–Crippen LogP) is 3.96. The number of benzene rings is 1. The van der Waals surface area contributed by atoms with Gasteiger partial charge in [-0.15, -0.1) is 0 Å². The molecule has 184 valence electrons. The Labute approximate surface area is 199 Å². The van der Waals surface area contributed by atoms with Crippen molar-refractivity contribution in [2.75, 3.05) is 25.4 Å². The fourth-order valence-corrected chi connectivity index (χ4v) is 3.55. The van der Waals surface area contributed by atoms with Gasteiger partial charge in [0.1, 0.15) is 17.0 Å². The molecular weight excluding hydrogens is 438 g/mol. The number of rotatable bonds is 2. The number of nitrogen functional groups attached to an aromatic ring is 1. The number of nitrogens with zero attached hydrogens (tertiary/aromatic N) is 4. The van der Waals surface area contributed by atoms with Crippen LogP contribution in [0.5, 0.6) is 5.75 Å². The van der Waals surface area contributed by atoms with Crippen LogP contribution in [0.15, 0.2) is 30.3 Å². The third-order valence-electron chi connectivity index (χ3n) is 4.94. The lowest BCUT2D eigenvalue weighted by molar-refractivity contribution is -0.0157. The van der Waals surface area contributed by atoms with E-state index in [1.54, 1.807) is 71.9 Å². The fourth-order valence-electron chi connectivity index (χ4n) is 3.55. The van der Waals surface area contributed by atoms with Crippen LogP contribution in [0.2, 0.25) is 0 Å². The second kappa shape index (κ2) is 9.36. The van der Waals surface area contributed by atoms with Gasteiger partial charge in [-0.05, 0) is 59.7 Å². The average Bonchev–Trinajstić information content (AvgIpc) is 2.70. The minimum atomic E-state index is -0.699. The van der Waals surface area contributed by atoms with Crippen LogP contribution in [0.4, 0.5) is 15.5 Å². The Bertz CT molecular complexity index is 1060. The molecule has 3 N–H and O–H groups in total. The van der Waals surface area contributed by atoms with E-state index in [9.17, 15) is 14.7 Å². The van der Waals surface area contributed by atoms with Crippen molar-refractivity contribution < 1.29 is 24.2 Å². The van der Waals surface area contributed by atoms with Crippen molar-refractivity contribution in [2.45, 2.75) is 58.8 Å². The average molecular weight is 472 g/mol. The molecule has 1 aliphatic rings. The largest absolute Gasteiger partial charge is 0.507 e. The zero-order valence-corrected chi connectivity index (χ0v) is 20.5. The van der Waals surface area contributed by atoms with Gasteiger partial charge in [-0.25, -0.2) is 19.6 Å². The minimum absolute atomic E-state index is 0.0192. The fraction of sp³-hybridized carbons (Fsp3) is 0.500. The SMILES string of the molecule is CC(C)(C)OC(=O)N1CCN(C(=O)OC(C)(C)C)C(c2cc(-c3ccccc3O)nc(N)n2)C1.